The van der Waals surface area contributed by atoms with Crippen LogP contribution in [0.3, 0.4) is 0 Å². The van der Waals surface area contributed by atoms with Crippen LogP contribution in [-0.2, 0) is 0 Å². The van der Waals surface area contributed by atoms with Gasteiger partial charge in [-0.2, -0.15) is 0 Å². The van der Waals surface area contributed by atoms with Crippen LogP contribution in [0.1, 0.15) is 27.7 Å². The fourth-order valence-electron chi connectivity index (χ4n) is 1.07. The lowest BCUT2D eigenvalue weighted by molar-refractivity contribution is 0.628. The van der Waals surface area contributed by atoms with Gasteiger partial charge in [0, 0.05) is 0 Å². The molecule has 0 aromatic carbocycles. The highest BCUT2D eigenvalue weighted by molar-refractivity contribution is 5.04. The summed E-state index contributed by atoms with van der Waals surface area (Å²) in [5.74, 6) is 1.20. The van der Waals surface area contributed by atoms with Crippen LogP contribution in [0, 0.1) is 11.8 Å². The van der Waals surface area contributed by atoms with Gasteiger partial charge in [-0.25, -0.2) is 0 Å². The Kier molecular flexibility index (Phi) is 3.34. The summed E-state index contributed by atoms with van der Waals surface area (Å²) in [4.78, 5) is 0. The van der Waals surface area contributed by atoms with Crippen molar-refractivity contribution >= 4 is 0 Å². The zero-order chi connectivity index (χ0) is 7.44. The number of hydrogen-bond acceptors (Lipinski definition) is 0. The SMILES string of the molecule is C=C=C(C(C)C)C(C)C. The lowest BCUT2D eigenvalue weighted by Gasteiger charge is -2.11. The Hall–Kier alpha value is -0.480. The molecule has 0 fully saturated rings. The van der Waals surface area contributed by atoms with E-state index < -0.39 is 0 Å². The molecule has 0 heteroatoms. The molecule has 0 N–H and O–H groups in total. The molecule has 0 aromatic rings. The van der Waals surface area contributed by atoms with Gasteiger partial charge in [0.25, 0.3) is 0 Å². The maximum absolute atomic E-state index is 3.64. The van der Waals surface area contributed by atoms with Crippen LogP contribution in [0.5, 0.6) is 0 Å². The Labute approximate surface area is 58.3 Å². The fraction of sp³-hybridized carbons (Fsp3) is 0.667. The normalized spacial score (nSPS) is 10.0. The molecule has 0 aromatic heterocycles. The fourth-order valence-corrected chi connectivity index (χ4v) is 1.07. The van der Waals surface area contributed by atoms with Gasteiger partial charge in [-0.15, -0.1) is 5.73 Å². The van der Waals surface area contributed by atoms with Gasteiger partial charge in [-0.1, -0.05) is 34.3 Å². The highest BCUT2D eigenvalue weighted by Gasteiger charge is 2.05. The third-order valence-electron chi connectivity index (χ3n) is 1.45. The molecule has 52 valence electrons. The molecule has 9 heavy (non-hydrogen) atoms. The highest BCUT2D eigenvalue weighted by Crippen LogP contribution is 2.16. The molecular weight excluding hydrogens is 108 g/mol. The van der Waals surface area contributed by atoms with Gasteiger partial charge in [0.2, 0.25) is 0 Å². The first-order chi connectivity index (χ1) is 4.09. The van der Waals surface area contributed by atoms with Crippen LogP contribution in [0.2, 0.25) is 0 Å². The van der Waals surface area contributed by atoms with E-state index in [4.69, 9.17) is 0 Å². The maximum atomic E-state index is 3.64. The van der Waals surface area contributed by atoms with Crippen molar-refractivity contribution < 1.29 is 0 Å². The molecule has 0 aliphatic rings. The Morgan fingerprint density at radius 3 is 1.44 bits per heavy atom. The van der Waals surface area contributed by atoms with Gasteiger partial charge in [0.1, 0.15) is 0 Å². The molecule has 0 saturated heterocycles. The Bertz CT molecular complexity index is 113. The van der Waals surface area contributed by atoms with Crippen LogP contribution >= 0.6 is 0 Å². The zero-order valence-electron chi connectivity index (χ0n) is 6.86. The van der Waals surface area contributed by atoms with Crippen molar-refractivity contribution in [3.63, 3.8) is 0 Å². The first-order valence-electron chi connectivity index (χ1n) is 3.49. The molecule has 0 atom stereocenters. The minimum atomic E-state index is 0.600. The third-order valence-corrected chi connectivity index (χ3v) is 1.45. The van der Waals surface area contributed by atoms with Crippen molar-refractivity contribution in [2.24, 2.45) is 11.8 Å². The van der Waals surface area contributed by atoms with E-state index in [-0.39, 0.29) is 0 Å². The van der Waals surface area contributed by atoms with E-state index in [9.17, 15) is 0 Å². The number of rotatable bonds is 2. The topological polar surface area (TPSA) is 0 Å². The smallest absolute Gasteiger partial charge is 0.0182 e. The molecule has 0 unspecified atom stereocenters. The summed E-state index contributed by atoms with van der Waals surface area (Å²) < 4.78 is 0. The van der Waals surface area contributed by atoms with Crippen molar-refractivity contribution in [2.75, 3.05) is 0 Å². The van der Waals surface area contributed by atoms with Crippen molar-refractivity contribution in [1.29, 1.82) is 0 Å². The van der Waals surface area contributed by atoms with Crippen LogP contribution in [0.25, 0.3) is 0 Å². The van der Waals surface area contributed by atoms with Gasteiger partial charge in [-0.05, 0) is 17.4 Å². The van der Waals surface area contributed by atoms with E-state index in [0.29, 0.717) is 11.8 Å². The minimum absolute atomic E-state index is 0.600. The van der Waals surface area contributed by atoms with Gasteiger partial charge < -0.3 is 0 Å². The van der Waals surface area contributed by atoms with E-state index in [2.05, 4.69) is 40.0 Å². The molecular formula is C9H16. The Morgan fingerprint density at radius 1 is 1.11 bits per heavy atom. The van der Waals surface area contributed by atoms with Crippen LogP contribution in [-0.4, -0.2) is 0 Å². The van der Waals surface area contributed by atoms with E-state index in [1.54, 1.807) is 0 Å². The largest absolute Gasteiger partial charge is 0.129 e. The predicted molar refractivity (Wildman–Crippen MR) is 42.3 cm³/mol. The Morgan fingerprint density at radius 2 is 1.44 bits per heavy atom. The lowest BCUT2D eigenvalue weighted by Crippen LogP contribution is -1.99. The molecule has 0 nitrogen and oxygen atoms in total. The van der Waals surface area contributed by atoms with Crippen molar-refractivity contribution in [2.45, 2.75) is 27.7 Å². The molecule has 0 aliphatic heterocycles. The van der Waals surface area contributed by atoms with E-state index >= 15 is 0 Å². The zero-order valence-corrected chi connectivity index (χ0v) is 6.86. The van der Waals surface area contributed by atoms with Gasteiger partial charge >= 0.3 is 0 Å². The van der Waals surface area contributed by atoms with Crippen molar-refractivity contribution in [3.8, 4) is 0 Å². The standard InChI is InChI=1S/C9H16/c1-6-9(7(2)3)8(4)5/h7-8H,1H2,2-5H3. The van der Waals surface area contributed by atoms with E-state index in [0.717, 1.165) is 0 Å². The average molecular weight is 124 g/mol. The molecule has 0 aliphatic carbocycles. The van der Waals surface area contributed by atoms with Crippen molar-refractivity contribution in [3.05, 3.63) is 17.9 Å². The molecule has 0 amide bonds. The molecule has 0 radical (unpaired) electrons. The highest BCUT2D eigenvalue weighted by atomic mass is 14.1. The lowest BCUT2D eigenvalue weighted by atomic mass is 9.94. The monoisotopic (exact) mass is 124 g/mol. The molecule has 0 saturated carbocycles. The molecule has 0 heterocycles. The van der Waals surface area contributed by atoms with Gasteiger partial charge in [0.15, 0.2) is 0 Å². The quantitative estimate of drug-likeness (QED) is 0.496. The summed E-state index contributed by atoms with van der Waals surface area (Å²) in [5.41, 5.74) is 4.30. The van der Waals surface area contributed by atoms with E-state index in [1.807, 2.05) is 0 Å². The van der Waals surface area contributed by atoms with Crippen LogP contribution < -0.4 is 0 Å². The molecule has 0 bridgehead atoms. The van der Waals surface area contributed by atoms with Gasteiger partial charge in [0.05, 0.1) is 0 Å². The van der Waals surface area contributed by atoms with Crippen LogP contribution in [0.4, 0.5) is 0 Å². The molecule has 0 spiro atoms. The predicted octanol–water partition coefficient (Wildman–Crippen LogP) is 3.01. The van der Waals surface area contributed by atoms with Crippen LogP contribution in [0.15, 0.2) is 17.9 Å². The second-order valence-corrected chi connectivity index (χ2v) is 2.94. The summed E-state index contributed by atoms with van der Waals surface area (Å²) in [6.45, 7) is 12.3. The summed E-state index contributed by atoms with van der Waals surface area (Å²) in [6.07, 6.45) is 0. The summed E-state index contributed by atoms with van der Waals surface area (Å²) in [7, 11) is 0. The minimum Gasteiger partial charge on any atom is -0.129 e. The summed E-state index contributed by atoms with van der Waals surface area (Å²) >= 11 is 0. The summed E-state index contributed by atoms with van der Waals surface area (Å²) in [6, 6.07) is 0. The summed E-state index contributed by atoms with van der Waals surface area (Å²) in [5, 5.41) is 0. The van der Waals surface area contributed by atoms with Crippen molar-refractivity contribution in [1.82, 2.24) is 0 Å². The second-order valence-electron chi connectivity index (χ2n) is 2.94. The first-order valence-corrected chi connectivity index (χ1v) is 3.49. The first kappa shape index (κ1) is 8.52. The average Bonchev–Trinajstić information content (AvgIpc) is 1.64. The van der Waals surface area contributed by atoms with E-state index in [1.165, 1.54) is 5.57 Å². The second kappa shape index (κ2) is 3.53. The Balaban J connectivity index is 4.19. The number of allylic oxidation sites excluding steroid dienone is 1. The number of hydrogen-bond donors (Lipinski definition) is 0. The van der Waals surface area contributed by atoms with Gasteiger partial charge in [-0.3, -0.25) is 0 Å². The molecule has 0 rings (SSSR count). The third kappa shape index (κ3) is 2.53. The maximum Gasteiger partial charge on any atom is -0.0182 e.